The topological polar surface area (TPSA) is 55.1 Å². The number of anilines is 1. The molecule has 0 spiro atoms. The lowest BCUT2D eigenvalue weighted by Gasteiger charge is -2.46. The van der Waals surface area contributed by atoms with Crippen LogP contribution in [0.25, 0.3) is 0 Å². The highest BCUT2D eigenvalue weighted by Gasteiger charge is 2.44. The minimum Gasteiger partial charge on any atom is -0.327 e. The van der Waals surface area contributed by atoms with E-state index in [2.05, 4.69) is 26.1 Å². The molecule has 1 amide bonds. The number of benzene rings is 1. The molecular formula is C17H26N2OS. The molecule has 0 aliphatic heterocycles. The Balaban J connectivity index is 2.08. The Kier molecular flexibility index (Phi) is 4.99. The first-order chi connectivity index (χ1) is 9.86. The van der Waals surface area contributed by atoms with E-state index in [0.717, 1.165) is 18.5 Å². The third-order valence-electron chi connectivity index (χ3n) is 5.18. The first-order valence-corrected chi connectivity index (χ1v) is 8.79. The van der Waals surface area contributed by atoms with Gasteiger partial charge in [-0.2, -0.15) is 0 Å². The summed E-state index contributed by atoms with van der Waals surface area (Å²) in [5.74, 6) is 0.490. The normalized spacial score (nSPS) is 28.1. The van der Waals surface area contributed by atoms with Crippen LogP contribution in [0, 0.1) is 17.3 Å². The Hall–Kier alpha value is -1.00. The molecule has 1 aliphatic rings. The summed E-state index contributed by atoms with van der Waals surface area (Å²) in [5, 5.41) is 3.06. The molecule has 3 atom stereocenters. The molecule has 0 saturated heterocycles. The van der Waals surface area contributed by atoms with Crippen molar-refractivity contribution in [3.05, 3.63) is 24.3 Å². The lowest BCUT2D eigenvalue weighted by atomic mass is 9.61. The van der Waals surface area contributed by atoms with Gasteiger partial charge in [-0.25, -0.2) is 0 Å². The Morgan fingerprint density at radius 2 is 1.90 bits per heavy atom. The predicted octanol–water partition coefficient (Wildman–Crippen LogP) is 3.75. The Bertz CT molecular complexity index is 498. The first kappa shape index (κ1) is 16.4. The van der Waals surface area contributed by atoms with Gasteiger partial charge in [0, 0.05) is 22.5 Å². The summed E-state index contributed by atoms with van der Waals surface area (Å²) in [7, 11) is 0. The Labute approximate surface area is 132 Å². The lowest BCUT2D eigenvalue weighted by molar-refractivity contribution is -0.127. The van der Waals surface area contributed by atoms with Crippen LogP contribution in [0.2, 0.25) is 0 Å². The van der Waals surface area contributed by atoms with Gasteiger partial charge < -0.3 is 11.1 Å². The van der Waals surface area contributed by atoms with Crippen molar-refractivity contribution in [2.24, 2.45) is 23.0 Å². The second kappa shape index (κ2) is 6.41. The maximum Gasteiger partial charge on any atom is 0.228 e. The molecule has 1 aliphatic carbocycles. The fourth-order valence-electron chi connectivity index (χ4n) is 3.22. The highest BCUT2D eigenvalue weighted by molar-refractivity contribution is 7.98. The van der Waals surface area contributed by atoms with Crippen molar-refractivity contribution >= 4 is 23.4 Å². The molecule has 1 saturated carbocycles. The number of amides is 1. The number of rotatable bonds is 3. The van der Waals surface area contributed by atoms with Gasteiger partial charge in [-0.1, -0.05) is 20.8 Å². The minimum atomic E-state index is -0.0685. The van der Waals surface area contributed by atoms with Crippen LogP contribution in [0.4, 0.5) is 5.69 Å². The molecule has 0 aromatic heterocycles. The average Bonchev–Trinajstić information content (AvgIpc) is 2.45. The number of nitrogens with one attached hydrogen (secondary N) is 1. The summed E-state index contributed by atoms with van der Waals surface area (Å²) in [4.78, 5) is 13.8. The van der Waals surface area contributed by atoms with E-state index in [1.807, 2.05) is 30.5 Å². The molecule has 4 heteroatoms. The zero-order valence-corrected chi connectivity index (χ0v) is 14.2. The molecule has 0 radical (unpaired) electrons. The van der Waals surface area contributed by atoms with E-state index in [4.69, 9.17) is 5.73 Å². The van der Waals surface area contributed by atoms with Crippen molar-refractivity contribution < 1.29 is 4.79 Å². The second-order valence-electron chi connectivity index (χ2n) is 6.62. The molecule has 0 bridgehead atoms. The van der Waals surface area contributed by atoms with E-state index >= 15 is 0 Å². The zero-order valence-electron chi connectivity index (χ0n) is 13.3. The first-order valence-electron chi connectivity index (χ1n) is 7.56. The maximum absolute atomic E-state index is 12.6. The monoisotopic (exact) mass is 306 g/mol. The molecular weight excluding hydrogens is 280 g/mol. The van der Waals surface area contributed by atoms with Gasteiger partial charge in [0.15, 0.2) is 0 Å². The van der Waals surface area contributed by atoms with Crippen molar-refractivity contribution in [1.29, 1.82) is 0 Å². The summed E-state index contributed by atoms with van der Waals surface area (Å²) < 4.78 is 0. The quantitative estimate of drug-likeness (QED) is 0.836. The molecule has 1 aromatic carbocycles. The van der Waals surface area contributed by atoms with Crippen molar-refractivity contribution in [2.45, 2.75) is 44.6 Å². The minimum absolute atomic E-state index is 0.0209. The lowest BCUT2D eigenvalue weighted by Crippen LogP contribution is -2.50. The van der Waals surface area contributed by atoms with Crippen LogP contribution >= 0.6 is 11.8 Å². The van der Waals surface area contributed by atoms with Gasteiger partial charge in [-0.3, -0.25) is 4.79 Å². The van der Waals surface area contributed by atoms with Crippen LogP contribution in [0.5, 0.6) is 0 Å². The van der Waals surface area contributed by atoms with Crippen LogP contribution in [-0.2, 0) is 4.79 Å². The molecule has 0 heterocycles. The fraction of sp³-hybridized carbons (Fsp3) is 0.588. The number of carbonyl (C=O) groups is 1. The van der Waals surface area contributed by atoms with Crippen LogP contribution in [0.15, 0.2) is 29.2 Å². The summed E-state index contributed by atoms with van der Waals surface area (Å²) in [6.45, 7) is 6.49. The molecule has 3 N–H and O–H groups in total. The van der Waals surface area contributed by atoms with Crippen LogP contribution in [0.3, 0.4) is 0 Å². The highest BCUT2D eigenvalue weighted by atomic mass is 32.2. The van der Waals surface area contributed by atoms with E-state index in [1.54, 1.807) is 11.8 Å². The van der Waals surface area contributed by atoms with E-state index in [1.165, 1.54) is 4.90 Å². The van der Waals surface area contributed by atoms with Crippen LogP contribution in [0.1, 0.15) is 33.6 Å². The molecule has 1 aromatic rings. The van der Waals surface area contributed by atoms with Gasteiger partial charge in [0.25, 0.3) is 0 Å². The molecule has 3 unspecified atom stereocenters. The van der Waals surface area contributed by atoms with E-state index in [-0.39, 0.29) is 23.3 Å². The van der Waals surface area contributed by atoms with Gasteiger partial charge in [-0.15, -0.1) is 11.8 Å². The number of hydrogen-bond acceptors (Lipinski definition) is 3. The average molecular weight is 306 g/mol. The Morgan fingerprint density at radius 3 is 2.48 bits per heavy atom. The third-order valence-corrected chi connectivity index (χ3v) is 5.92. The van der Waals surface area contributed by atoms with Crippen molar-refractivity contribution in [3.63, 3.8) is 0 Å². The number of nitrogens with two attached hydrogens (primary N) is 1. The summed E-state index contributed by atoms with van der Waals surface area (Å²) in [5.41, 5.74) is 6.97. The fourth-order valence-corrected chi connectivity index (χ4v) is 3.63. The van der Waals surface area contributed by atoms with Crippen molar-refractivity contribution in [2.75, 3.05) is 11.6 Å². The standard InChI is InChI=1S/C17H26N2OS/c1-11-15(18)10-9-14(17(11,2)3)16(20)19-12-5-7-13(21-4)8-6-12/h5-8,11,14-15H,9-10,18H2,1-4H3,(H,19,20). The third kappa shape index (κ3) is 3.43. The predicted molar refractivity (Wildman–Crippen MR) is 90.5 cm³/mol. The molecule has 3 nitrogen and oxygen atoms in total. The molecule has 116 valence electrons. The van der Waals surface area contributed by atoms with Crippen molar-refractivity contribution in [1.82, 2.24) is 0 Å². The maximum atomic E-state index is 12.6. The van der Waals surface area contributed by atoms with E-state index < -0.39 is 0 Å². The molecule has 1 fully saturated rings. The van der Waals surface area contributed by atoms with E-state index in [0.29, 0.717) is 5.92 Å². The SMILES string of the molecule is CSc1ccc(NC(=O)C2CCC(N)C(C)C2(C)C)cc1. The van der Waals surface area contributed by atoms with Gasteiger partial charge in [-0.05, 0) is 54.7 Å². The number of carbonyl (C=O) groups excluding carboxylic acids is 1. The highest BCUT2D eigenvalue weighted by Crippen LogP contribution is 2.44. The number of thioether (sulfide) groups is 1. The van der Waals surface area contributed by atoms with Gasteiger partial charge in [0.1, 0.15) is 0 Å². The van der Waals surface area contributed by atoms with Crippen LogP contribution < -0.4 is 11.1 Å². The molecule has 2 rings (SSSR count). The number of hydrogen-bond donors (Lipinski definition) is 2. The summed E-state index contributed by atoms with van der Waals surface area (Å²) >= 11 is 1.70. The summed E-state index contributed by atoms with van der Waals surface area (Å²) in [6, 6.07) is 8.20. The second-order valence-corrected chi connectivity index (χ2v) is 7.50. The van der Waals surface area contributed by atoms with Gasteiger partial charge in [0.2, 0.25) is 5.91 Å². The smallest absolute Gasteiger partial charge is 0.228 e. The van der Waals surface area contributed by atoms with Gasteiger partial charge >= 0.3 is 0 Å². The van der Waals surface area contributed by atoms with E-state index in [9.17, 15) is 4.79 Å². The Morgan fingerprint density at radius 1 is 1.29 bits per heavy atom. The largest absolute Gasteiger partial charge is 0.327 e. The summed E-state index contributed by atoms with van der Waals surface area (Å²) in [6.07, 6.45) is 3.84. The van der Waals surface area contributed by atoms with Crippen LogP contribution in [-0.4, -0.2) is 18.2 Å². The zero-order chi connectivity index (χ0) is 15.6. The molecule has 21 heavy (non-hydrogen) atoms. The van der Waals surface area contributed by atoms with Crippen molar-refractivity contribution in [3.8, 4) is 0 Å². The van der Waals surface area contributed by atoms with Gasteiger partial charge in [0.05, 0.1) is 0 Å².